The minimum atomic E-state index is -0.0959. The van der Waals surface area contributed by atoms with Crippen molar-refractivity contribution in [3.63, 3.8) is 0 Å². The fraction of sp³-hybridized carbons (Fsp3) is 0.433. The van der Waals surface area contributed by atoms with Crippen LogP contribution >= 0.6 is 22.6 Å². The second kappa shape index (κ2) is 11.3. The first kappa shape index (κ1) is 27.2. The lowest BCUT2D eigenvalue weighted by molar-refractivity contribution is 0.103. The number of ketones is 1. The number of ether oxygens (including phenoxy) is 3. The van der Waals surface area contributed by atoms with Crippen LogP contribution < -0.4 is 4.74 Å². The summed E-state index contributed by atoms with van der Waals surface area (Å²) in [7, 11) is 3.29. The van der Waals surface area contributed by atoms with E-state index in [0.717, 1.165) is 59.6 Å². The molecule has 2 aromatic rings. The summed E-state index contributed by atoms with van der Waals surface area (Å²) < 4.78 is 17.2. The van der Waals surface area contributed by atoms with E-state index in [0.29, 0.717) is 35.6 Å². The Labute approximate surface area is 232 Å². The molecule has 194 valence electrons. The highest BCUT2D eigenvalue weighted by atomic mass is 127. The predicted octanol–water partition coefficient (Wildman–Crippen LogP) is 6.85. The van der Waals surface area contributed by atoms with Crippen molar-refractivity contribution in [1.29, 1.82) is 5.26 Å². The molecular formula is C30H33IN2O4. The molecule has 1 aromatic heterocycles. The first-order valence-electron chi connectivity index (χ1n) is 12.5. The number of benzene rings is 1. The number of alkyl halides is 1. The average Bonchev–Trinajstić information content (AvgIpc) is 3.67. The summed E-state index contributed by atoms with van der Waals surface area (Å²) >= 11 is 2.32. The molecule has 1 fully saturated rings. The van der Waals surface area contributed by atoms with Crippen molar-refractivity contribution in [2.45, 2.75) is 56.8 Å². The maximum absolute atomic E-state index is 14.1. The lowest BCUT2D eigenvalue weighted by atomic mass is 9.86. The van der Waals surface area contributed by atoms with Crippen molar-refractivity contribution in [3.05, 3.63) is 80.9 Å². The smallest absolute Gasteiger partial charge is 0.218 e. The first-order valence-corrected chi connectivity index (χ1v) is 13.8. The van der Waals surface area contributed by atoms with Gasteiger partial charge in [-0.2, -0.15) is 5.26 Å². The number of hydrogen-bond acceptors (Lipinski definition) is 6. The van der Waals surface area contributed by atoms with Crippen molar-refractivity contribution in [2.24, 2.45) is 5.41 Å². The third kappa shape index (κ3) is 6.01. The number of nitrogens with zero attached hydrogens (tertiary/aromatic N) is 2. The van der Waals surface area contributed by atoms with Gasteiger partial charge in [0, 0.05) is 44.6 Å². The van der Waals surface area contributed by atoms with E-state index in [2.05, 4.69) is 28.7 Å². The second-order valence-corrected chi connectivity index (χ2v) is 11.9. The molecule has 2 aliphatic carbocycles. The number of hydrogen-bond donors (Lipinski definition) is 0. The van der Waals surface area contributed by atoms with Crippen LogP contribution in [0.4, 0.5) is 0 Å². The van der Waals surface area contributed by atoms with Crippen LogP contribution in [0.2, 0.25) is 0 Å². The summed E-state index contributed by atoms with van der Waals surface area (Å²) in [5.41, 5.74) is 5.04. The maximum Gasteiger partial charge on any atom is 0.218 e. The topological polar surface area (TPSA) is 81.4 Å². The Bertz CT molecular complexity index is 1320. The number of allylic oxidation sites excluding steroid dienone is 4. The van der Waals surface area contributed by atoms with Gasteiger partial charge in [0.15, 0.2) is 5.78 Å². The van der Waals surface area contributed by atoms with Crippen LogP contribution in [0, 0.1) is 30.6 Å². The number of pyridine rings is 1. The molecule has 6 nitrogen and oxygen atoms in total. The molecule has 0 N–H and O–H groups in total. The van der Waals surface area contributed by atoms with E-state index in [1.165, 1.54) is 0 Å². The molecule has 1 aromatic carbocycles. The average molecular weight is 613 g/mol. The van der Waals surface area contributed by atoms with Crippen molar-refractivity contribution < 1.29 is 19.0 Å². The number of aryl methyl sites for hydroxylation is 2. The van der Waals surface area contributed by atoms with E-state index in [1.54, 1.807) is 26.4 Å². The minimum Gasteiger partial charge on any atom is -0.501 e. The predicted molar refractivity (Wildman–Crippen MR) is 151 cm³/mol. The Morgan fingerprint density at radius 3 is 2.41 bits per heavy atom. The lowest BCUT2D eigenvalue weighted by Crippen LogP contribution is -2.20. The quantitative estimate of drug-likeness (QED) is 0.166. The SMILES string of the molecule is COC1=CC=C(OCC2(Cc3c(C)nc(OC)c(C(C)I)c3C(=O)c3cc(C)cc(C#N)c3)CC2)CC1. The highest BCUT2D eigenvalue weighted by molar-refractivity contribution is 14.1. The van der Waals surface area contributed by atoms with Gasteiger partial charge in [0.25, 0.3) is 0 Å². The highest BCUT2D eigenvalue weighted by Gasteiger charge is 2.45. The molecule has 2 aliphatic rings. The van der Waals surface area contributed by atoms with Crippen LogP contribution in [0.1, 0.15) is 80.4 Å². The fourth-order valence-corrected chi connectivity index (χ4v) is 5.49. The van der Waals surface area contributed by atoms with Gasteiger partial charge in [-0.25, -0.2) is 4.98 Å². The molecular weight excluding hydrogens is 579 g/mol. The van der Waals surface area contributed by atoms with E-state index < -0.39 is 0 Å². The van der Waals surface area contributed by atoms with E-state index in [4.69, 9.17) is 19.2 Å². The van der Waals surface area contributed by atoms with Gasteiger partial charge in [0.05, 0.1) is 44.0 Å². The third-order valence-electron chi connectivity index (χ3n) is 7.20. The van der Waals surface area contributed by atoms with Crippen molar-refractivity contribution in [1.82, 2.24) is 4.98 Å². The Hall–Kier alpha value is -2.86. The summed E-state index contributed by atoms with van der Waals surface area (Å²) in [5.74, 6) is 2.32. The molecule has 1 saturated carbocycles. The Kier molecular flexibility index (Phi) is 8.27. The molecule has 0 aliphatic heterocycles. The zero-order chi connectivity index (χ0) is 26.7. The van der Waals surface area contributed by atoms with Crippen LogP contribution in [0.15, 0.2) is 41.9 Å². The summed E-state index contributed by atoms with van der Waals surface area (Å²) in [5, 5.41) is 9.50. The first-order chi connectivity index (χ1) is 17.7. The summed E-state index contributed by atoms with van der Waals surface area (Å²) in [6.07, 6.45) is 8.41. The summed E-state index contributed by atoms with van der Waals surface area (Å²) in [6, 6.07) is 7.50. The summed E-state index contributed by atoms with van der Waals surface area (Å²) in [6.45, 7) is 6.50. The number of methoxy groups -OCH3 is 2. The minimum absolute atomic E-state index is 0.000776. The molecule has 1 heterocycles. The van der Waals surface area contributed by atoms with Crippen molar-refractivity contribution >= 4 is 28.4 Å². The number of rotatable bonds is 10. The molecule has 1 atom stereocenters. The molecule has 0 bridgehead atoms. The van der Waals surface area contributed by atoms with Gasteiger partial charge in [-0.1, -0.05) is 22.6 Å². The van der Waals surface area contributed by atoms with Gasteiger partial charge < -0.3 is 14.2 Å². The molecule has 37 heavy (non-hydrogen) atoms. The van der Waals surface area contributed by atoms with Crippen molar-refractivity contribution in [3.8, 4) is 11.9 Å². The lowest BCUT2D eigenvalue weighted by Gasteiger charge is -2.24. The van der Waals surface area contributed by atoms with Gasteiger partial charge in [0.1, 0.15) is 0 Å². The monoisotopic (exact) mass is 612 g/mol. The maximum atomic E-state index is 14.1. The van der Waals surface area contributed by atoms with E-state index in [9.17, 15) is 10.1 Å². The number of carbonyl (C=O) groups excluding carboxylic acids is 1. The number of aromatic nitrogens is 1. The normalized spacial score (nSPS) is 16.7. The van der Waals surface area contributed by atoms with Gasteiger partial charge in [0.2, 0.25) is 5.88 Å². The highest BCUT2D eigenvalue weighted by Crippen LogP contribution is 2.51. The second-order valence-electron chi connectivity index (χ2n) is 10.1. The molecule has 0 amide bonds. The third-order valence-corrected chi connectivity index (χ3v) is 7.82. The zero-order valence-corrected chi connectivity index (χ0v) is 24.3. The van der Waals surface area contributed by atoms with Gasteiger partial charge >= 0.3 is 0 Å². The van der Waals surface area contributed by atoms with Crippen LogP contribution in [0.5, 0.6) is 5.88 Å². The molecule has 0 radical (unpaired) electrons. The van der Waals surface area contributed by atoms with Gasteiger partial charge in [-0.3, -0.25) is 4.79 Å². The standard InChI is InChI=1S/C30H33IN2O4/c1-18-12-21(16-32)14-22(13-18)28(34)27-25(20(3)33-29(36-5)26(27)19(2)31)15-30(10-11-30)17-37-24-8-6-23(35-4)7-9-24/h6,8,12-14,19H,7,9-11,15,17H2,1-5H3. The number of nitriles is 1. The van der Waals surface area contributed by atoms with Crippen LogP contribution in [0.3, 0.4) is 0 Å². The Balaban J connectivity index is 1.72. The summed E-state index contributed by atoms with van der Waals surface area (Å²) in [4.78, 5) is 18.9. The van der Waals surface area contributed by atoms with Gasteiger partial charge in [-0.05, 0) is 81.5 Å². The van der Waals surface area contributed by atoms with Gasteiger partial charge in [-0.15, -0.1) is 0 Å². The largest absolute Gasteiger partial charge is 0.501 e. The molecule has 1 unspecified atom stereocenters. The Morgan fingerprint density at radius 2 is 1.84 bits per heavy atom. The van der Waals surface area contributed by atoms with Crippen LogP contribution in [-0.4, -0.2) is 31.6 Å². The zero-order valence-electron chi connectivity index (χ0n) is 22.1. The van der Waals surface area contributed by atoms with E-state index in [-0.39, 0.29) is 15.1 Å². The van der Waals surface area contributed by atoms with Crippen molar-refractivity contribution in [2.75, 3.05) is 20.8 Å². The molecule has 0 saturated heterocycles. The van der Waals surface area contributed by atoms with E-state index in [1.807, 2.05) is 39.0 Å². The number of halogens is 1. The fourth-order valence-electron chi connectivity index (χ4n) is 4.91. The molecule has 0 spiro atoms. The molecule has 4 rings (SSSR count). The van der Waals surface area contributed by atoms with E-state index >= 15 is 0 Å². The number of carbonyl (C=O) groups is 1. The van der Waals surface area contributed by atoms with Crippen LogP contribution in [-0.2, 0) is 15.9 Å². The molecule has 7 heteroatoms. The van der Waals surface area contributed by atoms with Crippen LogP contribution in [0.25, 0.3) is 0 Å². The Morgan fingerprint density at radius 1 is 1.14 bits per heavy atom.